The van der Waals surface area contributed by atoms with Gasteiger partial charge in [-0.1, -0.05) is 29.5 Å². The third-order valence-corrected chi connectivity index (χ3v) is 5.20. The highest BCUT2D eigenvalue weighted by Crippen LogP contribution is 2.31. The van der Waals surface area contributed by atoms with Gasteiger partial charge in [0.05, 0.1) is 0 Å². The summed E-state index contributed by atoms with van der Waals surface area (Å²) in [4.78, 5) is 17.7. The Kier molecular flexibility index (Phi) is 4.59. The summed E-state index contributed by atoms with van der Waals surface area (Å²) in [5.74, 6) is 0.190. The highest BCUT2D eigenvalue weighted by Gasteiger charge is 2.20. The molecule has 25 heavy (non-hydrogen) atoms. The molecule has 1 heterocycles. The molecule has 0 amide bonds. The monoisotopic (exact) mass is 351 g/mol. The molecular weight excluding hydrogens is 330 g/mol. The van der Waals surface area contributed by atoms with Crippen molar-refractivity contribution >= 4 is 33.8 Å². The molecule has 0 aliphatic heterocycles. The summed E-state index contributed by atoms with van der Waals surface area (Å²) in [6.07, 6.45) is 0. The average Bonchev–Trinajstić information content (AvgIpc) is 2.90. The number of nitrogens with zero attached hydrogens (tertiary/aromatic N) is 1. The quantitative estimate of drug-likeness (QED) is 0.654. The minimum Gasteiger partial charge on any atom is -0.382 e. The molecule has 1 aromatic heterocycles. The van der Waals surface area contributed by atoms with Crippen molar-refractivity contribution in [3.05, 3.63) is 69.1 Å². The highest BCUT2D eigenvalue weighted by atomic mass is 32.1. The number of aryl methyl sites for hydroxylation is 4. The van der Waals surface area contributed by atoms with Crippen molar-refractivity contribution < 1.29 is 4.79 Å². The number of hydrogen-bond donors (Lipinski definition) is 2. The number of nitrogens with one attached hydrogen (secondary N) is 1. The van der Waals surface area contributed by atoms with Crippen molar-refractivity contribution in [3.63, 3.8) is 0 Å². The molecule has 0 saturated carbocycles. The standard InChI is InChI=1S/C20H21N3OS/c1-11-6-5-7-15(8-11)22-20-23-19(21)18(25-20)17(24)16-10-13(3)12(2)9-14(16)4/h5-10H,21H2,1-4H3,(H,22,23). The first-order valence-corrected chi connectivity index (χ1v) is 8.89. The summed E-state index contributed by atoms with van der Waals surface area (Å²) in [6.45, 7) is 8.02. The van der Waals surface area contributed by atoms with Crippen LogP contribution in [0.3, 0.4) is 0 Å². The zero-order chi connectivity index (χ0) is 18.1. The lowest BCUT2D eigenvalue weighted by Crippen LogP contribution is -2.05. The van der Waals surface area contributed by atoms with E-state index in [0.717, 1.165) is 22.4 Å². The molecule has 0 aliphatic carbocycles. The maximum absolute atomic E-state index is 12.9. The first kappa shape index (κ1) is 17.2. The van der Waals surface area contributed by atoms with E-state index >= 15 is 0 Å². The Labute approximate surface area is 151 Å². The van der Waals surface area contributed by atoms with Crippen LogP contribution in [0.2, 0.25) is 0 Å². The van der Waals surface area contributed by atoms with Crippen molar-refractivity contribution in [1.82, 2.24) is 4.98 Å². The smallest absolute Gasteiger partial charge is 0.207 e. The normalized spacial score (nSPS) is 10.7. The van der Waals surface area contributed by atoms with E-state index in [0.29, 0.717) is 15.6 Å². The number of aromatic nitrogens is 1. The van der Waals surface area contributed by atoms with Gasteiger partial charge in [0.15, 0.2) is 5.13 Å². The van der Waals surface area contributed by atoms with Crippen molar-refractivity contribution in [1.29, 1.82) is 0 Å². The molecule has 0 bridgehead atoms. The van der Waals surface area contributed by atoms with Crippen LogP contribution in [0.15, 0.2) is 36.4 Å². The van der Waals surface area contributed by atoms with Crippen LogP contribution < -0.4 is 11.1 Å². The number of carbonyl (C=O) groups excluding carboxylic acids is 1. The van der Waals surface area contributed by atoms with Gasteiger partial charge in [-0.05, 0) is 68.1 Å². The van der Waals surface area contributed by atoms with Gasteiger partial charge in [-0.3, -0.25) is 4.79 Å². The molecule has 2 aromatic carbocycles. The van der Waals surface area contributed by atoms with Gasteiger partial charge >= 0.3 is 0 Å². The van der Waals surface area contributed by atoms with E-state index in [-0.39, 0.29) is 11.6 Å². The van der Waals surface area contributed by atoms with Crippen LogP contribution >= 0.6 is 11.3 Å². The number of benzene rings is 2. The third-order valence-electron chi connectivity index (χ3n) is 4.21. The molecule has 3 rings (SSSR count). The van der Waals surface area contributed by atoms with Gasteiger partial charge in [-0.15, -0.1) is 0 Å². The molecular formula is C20H21N3OS. The second-order valence-electron chi connectivity index (χ2n) is 6.31. The molecule has 0 saturated heterocycles. The molecule has 5 heteroatoms. The van der Waals surface area contributed by atoms with Crippen LogP contribution in [0.4, 0.5) is 16.6 Å². The van der Waals surface area contributed by atoms with Gasteiger partial charge < -0.3 is 11.1 Å². The minimum absolute atomic E-state index is 0.0760. The number of carbonyl (C=O) groups is 1. The summed E-state index contributed by atoms with van der Waals surface area (Å²) in [7, 11) is 0. The number of anilines is 3. The number of thiazole rings is 1. The molecule has 0 radical (unpaired) electrons. The van der Waals surface area contributed by atoms with Gasteiger partial charge in [-0.2, -0.15) is 0 Å². The van der Waals surface area contributed by atoms with E-state index in [1.54, 1.807) is 0 Å². The number of rotatable bonds is 4. The van der Waals surface area contributed by atoms with Crippen LogP contribution in [-0.4, -0.2) is 10.8 Å². The van der Waals surface area contributed by atoms with Crippen molar-refractivity contribution in [2.75, 3.05) is 11.1 Å². The Bertz CT molecular complexity index is 960. The fourth-order valence-electron chi connectivity index (χ4n) is 2.72. The lowest BCUT2D eigenvalue weighted by atomic mass is 9.97. The van der Waals surface area contributed by atoms with Crippen LogP contribution in [0, 0.1) is 27.7 Å². The van der Waals surface area contributed by atoms with E-state index in [1.807, 2.05) is 64.1 Å². The summed E-state index contributed by atoms with van der Waals surface area (Å²) in [6, 6.07) is 11.9. The second kappa shape index (κ2) is 6.69. The zero-order valence-electron chi connectivity index (χ0n) is 14.8. The molecule has 128 valence electrons. The molecule has 4 nitrogen and oxygen atoms in total. The average molecular weight is 351 g/mol. The van der Waals surface area contributed by atoms with Gasteiger partial charge in [0.1, 0.15) is 10.7 Å². The van der Waals surface area contributed by atoms with Gasteiger partial charge in [0, 0.05) is 11.3 Å². The molecule has 0 spiro atoms. The lowest BCUT2D eigenvalue weighted by Gasteiger charge is -2.08. The van der Waals surface area contributed by atoms with Crippen LogP contribution in [0.5, 0.6) is 0 Å². The highest BCUT2D eigenvalue weighted by molar-refractivity contribution is 7.18. The summed E-state index contributed by atoms with van der Waals surface area (Å²) >= 11 is 1.29. The SMILES string of the molecule is Cc1cccc(Nc2nc(N)c(C(=O)c3cc(C)c(C)cc3C)s2)c1. The Hall–Kier alpha value is -2.66. The molecule has 0 fully saturated rings. The Balaban J connectivity index is 1.92. The van der Waals surface area contributed by atoms with E-state index < -0.39 is 0 Å². The van der Waals surface area contributed by atoms with E-state index in [2.05, 4.69) is 10.3 Å². The number of nitrogens with two attached hydrogens (primary N) is 1. The van der Waals surface area contributed by atoms with E-state index in [9.17, 15) is 4.79 Å². The third kappa shape index (κ3) is 3.56. The van der Waals surface area contributed by atoms with Crippen molar-refractivity contribution in [3.8, 4) is 0 Å². The largest absolute Gasteiger partial charge is 0.382 e. The number of hydrogen-bond acceptors (Lipinski definition) is 5. The summed E-state index contributed by atoms with van der Waals surface area (Å²) < 4.78 is 0. The fraction of sp³-hybridized carbons (Fsp3) is 0.200. The topological polar surface area (TPSA) is 68.0 Å². The molecule has 0 aliphatic rings. The van der Waals surface area contributed by atoms with Crippen LogP contribution in [0.25, 0.3) is 0 Å². The molecule has 3 aromatic rings. The van der Waals surface area contributed by atoms with Crippen molar-refractivity contribution in [2.24, 2.45) is 0 Å². The predicted octanol–water partition coefficient (Wildman–Crippen LogP) is 4.93. The predicted molar refractivity (Wildman–Crippen MR) is 105 cm³/mol. The van der Waals surface area contributed by atoms with Crippen LogP contribution in [0.1, 0.15) is 37.5 Å². The number of ketones is 1. The van der Waals surface area contributed by atoms with Gasteiger partial charge in [-0.25, -0.2) is 4.98 Å². The van der Waals surface area contributed by atoms with E-state index in [1.165, 1.54) is 16.9 Å². The number of nitrogen functional groups attached to an aromatic ring is 1. The second-order valence-corrected chi connectivity index (χ2v) is 7.31. The molecule has 0 unspecified atom stereocenters. The first-order chi connectivity index (χ1) is 11.8. The van der Waals surface area contributed by atoms with Crippen molar-refractivity contribution in [2.45, 2.75) is 27.7 Å². The first-order valence-electron chi connectivity index (χ1n) is 8.07. The molecule has 3 N–H and O–H groups in total. The Morgan fingerprint density at radius 3 is 2.48 bits per heavy atom. The molecule has 0 atom stereocenters. The Morgan fingerprint density at radius 2 is 1.76 bits per heavy atom. The maximum Gasteiger partial charge on any atom is 0.207 e. The Morgan fingerprint density at radius 1 is 1.04 bits per heavy atom. The van der Waals surface area contributed by atoms with Crippen LogP contribution in [-0.2, 0) is 0 Å². The fourth-order valence-corrected chi connectivity index (χ4v) is 3.58. The zero-order valence-corrected chi connectivity index (χ0v) is 15.6. The van der Waals surface area contributed by atoms with E-state index in [4.69, 9.17) is 5.73 Å². The van der Waals surface area contributed by atoms with Gasteiger partial charge in [0.25, 0.3) is 0 Å². The minimum atomic E-state index is -0.0760. The van der Waals surface area contributed by atoms with Gasteiger partial charge in [0.2, 0.25) is 5.78 Å². The maximum atomic E-state index is 12.9. The lowest BCUT2D eigenvalue weighted by molar-refractivity contribution is 0.104. The summed E-state index contributed by atoms with van der Waals surface area (Å²) in [5.41, 5.74) is 12.0. The summed E-state index contributed by atoms with van der Waals surface area (Å²) in [5, 5.41) is 3.84.